The fourth-order valence-electron chi connectivity index (χ4n) is 3.19. The first-order chi connectivity index (χ1) is 15.0. The summed E-state index contributed by atoms with van der Waals surface area (Å²) in [5.74, 6) is 0.241. The normalized spacial score (nSPS) is 15.5. The van der Waals surface area contributed by atoms with Gasteiger partial charge in [0.2, 0.25) is 0 Å². The molecule has 1 amide bonds. The third-order valence-corrected chi connectivity index (χ3v) is 6.16. The summed E-state index contributed by atoms with van der Waals surface area (Å²) in [5.41, 5.74) is 1.55. The molecule has 2 aromatic heterocycles. The molecule has 0 aromatic carbocycles. The van der Waals surface area contributed by atoms with Crippen molar-refractivity contribution in [2.24, 2.45) is 0 Å². The van der Waals surface area contributed by atoms with Crippen molar-refractivity contribution in [3.63, 3.8) is 0 Å². The fourth-order valence-corrected chi connectivity index (χ4v) is 4.48. The van der Waals surface area contributed by atoms with Crippen molar-refractivity contribution in [3.8, 4) is 0 Å². The highest BCUT2D eigenvalue weighted by atomic mass is 32.2. The van der Waals surface area contributed by atoms with Crippen LogP contribution in [0.1, 0.15) is 24.0 Å². The lowest BCUT2D eigenvalue weighted by atomic mass is 10.2. The second kappa shape index (κ2) is 10.9. The molecule has 8 nitrogen and oxygen atoms in total. The second-order valence-electron chi connectivity index (χ2n) is 7.02. The number of nitrogens with one attached hydrogen (secondary N) is 1. The fraction of sp³-hybridized carbons (Fsp3) is 0.429. The van der Waals surface area contributed by atoms with Gasteiger partial charge in [-0.1, -0.05) is 30.0 Å². The Morgan fingerprint density at radius 2 is 1.97 bits per heavy atom. The predicted molar refractivity (Wildman–Crippen MR) is 128 cm³/mol. The zero-order valence-corrected chi connectivity index (χ0v) is 19.5. The highest BCUT2D eigenvalue weighted by Crippen LogP contribution is 2.33. The van der Waals surface area contributed by atoms with Gasteiger partial charge in [0.25, 0.3) is 11.5 Å². The Hall–Kier alpha value is -2.27. The number of rotatable bonds is 10. The maximum atomic E-state index is 13.3. The van der Waals surface area contributed by atoms with E-state index in [9.17, 15) is 9.59 Å². The van der Waals surface area contributed by atoms with Crippen molar-refractivity contribution >= 4 is 51.7 Å². The lowest BCUT2D eigenvalue weighted by Crippen LogP contribution is -2.29. The summed E-state index contributed by atoms with van der Waals surface area (Å²) in [4.78, 5) is 32.8. The number of pyridine rings is 1. The van der Waals surface area contributed by atoms with Crippen LogP contribution in [0.25, 0.3) is 11.7 Å². The Balaban J connectivity index is 1.99. The van der Waals surface area contributed by atoms with Gasteiger partial charge in [-0.25, -0.2) is 4.98 Å². The molecule has 1 aliphatic heterocycles. The van der Waals surface area contributed by atoms with Gasteiger partial charge in [-0.05, 0) is 37.5 Å². The molecular formula is C21H26N4O4S2. The van der Waals surface area contributed by atoms with E-state index < -0.39 is 0 Å². The molecule has 0 bridgehead atoms. The predicted octanol–water partition coefficient (Wildman–Crippen LogP) is 2.69. The molecule has 2 aromatic rings. The summed E-state index contributed by atoms with van der Waals surface area (Å²) < 4.78 is 12.1. The van der Waals surface area contributed by atoms with Crippen molar-refractivity contribution in [2.45, 2.75) is 19.8 Å². The van der Waals surface area contributed by atoms with E-state index in [1.165, 1.54) is 16.2 Å². The van der Waals surface area contributed by atoms with Gasteiger partial charge < -0.3 is 14.8 Å². The average molecular weight is 463 g/mol. The summed E-state index contributed by atoms with van der Waals surface area (Å²) in [6, 6.07) is 3.71. The van der Waals surface area contributed by atoms with E-state index in [0.717, 1.165) is 12.0 Å². The Kier molecular flexibility index (Phi) is 8.19. The minimum atomic E-state index is -0.243. The largest absolute Gasteiger partial charge is 0.385 e. The van der Waals surface area contributed by atoms with Gasteiger partial charge in [0.1, 0.15) is 15.8 Å². The number of anilines is 1. The van der Waals surface area contributed by atoms with Gasteiger partial charge in [-0.2, -0.15) is 0 Å². The lowest BCUT2D eigenvalue weighted by Gasteiger charge is -2.14. The molecule has 3 heterocycles. The summed E-state index contributed by atoms with van der Waals surface area (Å²) in [6.45, 7) is 4.10. The van der Waals surface area contributed by atoms with Crippen LogP contribution in [-0.4, -0.2) is 65.0 Å². The smallest absolute Gasteiger partial charge is 0.267 e. The minimum absolute atomic E-state index is 0.204. The third-order valence-electron chi connectivity index (χ3n) is 4.78. The van der Waals surface area contributed by atoms with Crippen LogP contribution in [-0.2, 0) is 14.3 Å². The first kappa shape index (κ1) is 23.4. The molecule has 0 atom stereocenters. The molecule has 0 saturated carbocycles. The van der Waals surface area contributed by atoms with Gasteiger partial charge in [-0.15, -0.1) is 0 Å². The molecule has 3 rings (SSSR count). The highest BCUT2D eigenvalue weighted by Gasteiger charge is 2.32. The second-order valence-corrected chi connectivity index (χ2v) is 8.69. The number of aromatic nitrogens is 2. The van der Waals surface area contributed by atoms with Crippen LogP contribution in [0.2, 0.25) is 0 Å². The number of amides is 1. The molecule has 1 fully saturated rings. The Labute approximate surface area is 190 Å². The quantitative estimate of drug-likeness (QED) is 0.328. The number of thiocarbonyl (C=S) groups is 1. The number of fused-ring (bicyclic) bond motifs is 1. The summed E-state index contributed by atoms with van der Waals surface area (Å²) in [6.07, 6.45) is 4.71. The summed E-state index contributed by atoms with van der Waals surface area (Å²) in [7, 11) is 3.26. The topological polar surface area (TPSA) is 85.2 Å². The van der Waals surface area contributed by atoms with Crippen molar-refractivity contribution in [1.82, 2.24) is 14.3 Å². The zero-order chi connectivity index (χ0) is 22.4. The molecule has 0 radical (unpaired) electrons. The van der Waals surface area contributed by atoms with Crippen LogP contribution in [0, 0.1) is 6.92 Å². The standard InChI is InChI=1S/C21H26N4O4S2/c1-14-7-4-9-24-18(14)23-17(22-8-5-11-28-2)15(19(24)26)13-16-20(27)25(21(30)31-16)10-6-12-29-3/h4,7,9,13,22H,5-6,8,10-12H2,1-3H3/b16-13+. The maximum absolute atomic E-state index is 13.3. The number of thioether (sulfide) groups is 1. The molecule has 31 heavy (non-hydrogen) atoms. The van der Waals surface area contributed by atoms with Crippen molar-refractivity contribution in [1.29, 1.82) is 0 Å². The van der Waals surface area contributed by atoms with E-state index in [-0.39, 0.29) is 11.5 Å². The Bertz CT molecular complexity index is 1070. The SMILES string of the molecule is COCCCNc1nc2c(C)cccn2c(=O)c1/C=C1/SC(=S)N(CCCOC)C1=O. The van der Waals surface area contributed by atoms with Crippen LogP contribution >= 0.6 is 24.0 Å². The molecule has 0 spiro atoms. The van der Waals surface area contributed by atoms with Gasteiger partial charge >= 0.3 is 0 Å². The minimum Gasteiger partial charge on any atom is -0.385 e. The Morgan fingerprint density at radius 3 is 2.71 bits per heavy atom. The zero-order valence-electron chi connectivity index (χ0n) is 17.8. The molecular weight excluding hydrogens is 436 g/mol. The van der Waals surface area contributed by atoms with Gasteiger partial charge in [-0.3, -0.25) is 18.9 Å². The van der Waals surface area contributed by atoms with Crippen LogP contribution in [0.3, 0.4) is 0 Å². The number of aryl methyl sites for hydroxylation is 1. The lowest BCUT2D eigenvalue weighted by molar-refractivity contribution is -0.122. The number of nitrogens with zero attached hydrogens (tertiary/aromatic N) is 3. The van der Waals surface area contributed by atoms with Crippen LogP contribution < -0.4 is 10.9 Å². The van der Waals surface area contributed by atoms with Crippen LogP contribution in [0.15, 0.2) is 28.0 Å². The van der Waals surface area contributed by atoms with Crippen molar-refractivity contribution in [2.75, 3.05) is 45.8 Å². The Morgan fingerprint density at radius 1 is 1.23 bits per heavy atom. The molecule has 10 heteroatoms. The monoisotopic (exact) mass is 462 g/mol. The number of methoxy groups -OCH3 is 2. The van der Waals surface area contributed by atoms with E-state index in [0.29, 0.717) is 59.0 Å². The average Bonchev–Trinajstić information content (AvgIpc) is 3.02. The first-order valence-corrected chi connectivity index (χ1v) is 11.2. The third kappa shape index (κ3) is 5.32. The number of hydrogen-bond acceptors (Lipinski definition) is 8. The summed E-state index contributed by atoms with van der Waals surface area (Å²) >= 11 is 6.57. The molecule has 0 unspecified atom stereocenters. The number of carbonyl (C=O) groups excluding carboxylic acids is 1. The van der Waals surface area contributed by atoms with Crippen molar-refractivity contribution in [3.05, 3.63) is 44.7 Å². The number of ether oxygens (including phenoxy) is 2. The van der Waals surface area contributed by atoms with Crippen LogP contribution in [0.4, 0.5) is 5.82 Å². The van der Waals surface area contributed by atoms with E-state index in [1.54, 1.807) is 37.5 Å². The van der Waals surface area contributed by atoms with E-state index >= 15 is 0 Å². The van der Waals surface area contributed by atoms with E-state index in [2.05, 4.69) is 10.3 Å². The molecule has 1 saturated heterocycles. The van der Waals surface area contributed by atoms with E-state index in [1.807, 2.05) is 13.0 Å². The van der Waals surface area contributed by atoms with E-state index in [4.69, 9.17) is 21.7 Å². The molecule has 1 aliphatic rings. The van der Waals surface area contributed by atoms with Gasteiger partial charge in [0, 0.05) is 46.7 Å². The first-order valence-electron chi connectivity index (χ1n) is 9.97. The molecule has 1 N–H and O–H groups in total. The number of hydrogen-bond donors (Lipinski definition) is 1. The van der Waals surface area contributed by atoms with Gasteiger partial charge in [0.15, 0.2) is 0 Å². The van der Waals surface area contributed by atoms with Gasteiger partial charge in [0.05, 0.1) is 10.5 Å². The molecule has 166 valence electrons. The summed E-state index contributed by atoms with van der Waals surface area (Å²) in [5, 5.41) is 3.23. The van der Waals surface area contributed by atoms with Crippen molar-refractivity contribution < 1.29 is 14.3 Å². The van der Waals surface area contributed by atoms with Crippen LogP contribution in [0.5, 0.6) is 0 Å². The number of carbonyl (C=O) groups is 1. The molecule has 0 aliphatic carbocycles. The highest BCUT2D eigenvalue weighted by molar-refractivity contribution is 8.26. The maximum Gasteiger partial charge on any atom is 0.267 e.